The van der Waals surface area contributed by atoms with Crippen LogP contribution in [0.1, 0.15) is 62.3 Å². The molecule has 0 aromatic carbocycles. The van der Waals surface area contributed by atoms with Gasteiger partial charge in [-0.2, -0.15) is 0 Å². The molecule has 0 spiro atoms. The van der Waals surface area contributed by atoms with E-state index in [1.165, 1.54) is 24.8 Å². The summed E-state index contributed by atoms with van der Waals surface area (Å²) in [7, 11) is 0. The van der Waals surface area contributed by atoms with Crippen molar-refractivity contribution in [3.63, 3.8) is 0 Å². The van der Waals surface area contributed by atoms with Gasteiger partial charge in [0.15, 0.2) is 0 Å². The molecule has 8 nitrogen and oxygen atoms in total. The zero-order valence-corrected chi connectivity index (χ0v) is 17.2. The third-order valence-corrected chi connectivity index (χ3v) is 6.19. The summed E-state index contributed by atoms with van der Waals surface area (Å²) < 4.78 is 0. The summed E-state index contributed by atoms with van der Waals surface area (Å²) in [5.41, 5.74) is 1.20. The van der Waals surface area contributed by atoms with Crippen molar-refractivity contribution in [2.24, 2.45) is 0 Å². The fraction of sp³-hybridized carbons (Fsp3) is 0.545. The lowest BCUT2D eigenvalue weighted by Crippen LogP contribution is -2.53. The highest BCUT2D eigenvalue weighted by atomic mass is 16.2. The van der Waals surface area contributed by atoms with Gasteiger partial charge in [-0.05, 0) is 25.7 Å². The summed E-state index contributed by atoms with van der Waals surface area (Å²) >= 11 is 0. The number of nitrogens with zero attached hydrogens (tertiary/aromatic N) is 2. The molecule has 1 aromatic heterocycles. The van der Waals surface area contributed by atoms with Gasteiger partial charge in [0.25, 0.3) is 5.56 Å². The molecule has 30 heavy (non-hydrogen) atoms. The third kappa shape index (κ3) is 4.63. The number of anilines is 1. The van der Waals surface area contributed by atoms with Crippen molar-refractivity contribution in [1.82, 2.24) is 20.2 Å². The number of aromatic nitrogens is 2. The number of hydrogen-bond acceptors (Lipinski definition) is 5. The molecule has 160 valence electrons. The number of carbonyl (C=O) groups is 1. The Morgan fingerprint density at radius 1 is 1.30 bits per heavy atom. The van der Waals surface area contributed by atoms with Crippen LogP contribution in [0.15, 0.2) is 28.6 Å². The number of hydrogen-bond donors (Lipinski definition) is 4. The number of nitrogens with one attached hydrogen (secondary N) is 4. The molecule has 3 aliphatic rings. The number of allylic oxidation sites excluding steroid dienone is 3. The number of urea groups is 1. The number of likely N-dealkylation sites (tertiary alicyclic amines) is 1. The Kier molecular flexibility index (Phi) is 6.30. The number of amides is 2. The summed E-state index contributed by atoms with van der Waals surface area (Å²) in [6.07, 6.45) is 15.0. The maximum Gasteiger partial charge on any atom is 0.317 e. The van der Waals surface area contributed by atoms with Gasteiger partial charge in [-0.1, -0.05) is 43.1 Å². The van der Waals surface area contributed by atoms with E-state index in [1.54, 1.807) is 4.90 Å². The largest absolute Gasteiger partial charge is 0.367 e. The van der Waals surface area contributed by atoms with E-state index in [0.29, 0.717) is 37.3 Å². The lowest BCUT2D eigenvalue weighted by molar-refractivity contribution is 0.149. The van der Waals surface area contributed by atoms with Gasteiger partial charge in [-0.3, -0.25) is 4.79 Å². The molecule has 0 unspecified atom stereocenters. The normalized spacial score (nSPS) is 19.7. The molecule has 0 atom stereocenters. The highest BCUT2D eigenvalue weighted by molar-refractivity contribution is 5.83. The van der Waals surface area contributed by atoms with Gasteiger partial charge in [0, 0.05) is 31.9 Å². The van der Waals surface area contributed by atoms with Crippen molar-refractivity contribution < 1.29 is 4.79 Å². The lowest BCUT2D eigenvalue weighted by atomic mass is 9.95. The minimum atomic E-state index is -0.298. The van der Waals surface area contributed by atoms with E-state index in [-0.39, 0.29) is 23.1 Å². The molecule has 1 aromatic rings. The van der Waals surface area contributed by atoms with Crippen molar-refractivity contribution >= 4 is 18.1 Å². The van der Waals surface area contributed by atoms with Gasteiger partial charge in [-0.15, -0.1) is 0 Å². The van der Waals surface area contributed by atoms with Crippen LogP contribution in [-0.4, -0.2) is 52.8 Å². The van der Waals surface area contributed by atoms with E-state index in [9.17, 15) is 9.59 Å². The standard InChI is InChI=1S/C22H30N6O2/c23-11-18-20(25-17-9-5-2-6-10-17)26-19(27-21(18)29)16-13-28(14-16)22(30)24-12-15-7-3-1-4-8-15/h1,3,7,11,16-17,23H,2,4-6,8-10,12-14H2,(H,24,30)(H2,25,26,27,29). The predicted molar refractivity (Wildman–Crippen MR) is 117 cm³/mol. The minimum absolute atomic E-state index is 0.00645. The van der Waals surface area contributed by atoms with Crippen LogP contribution >= 0.6 is 0 Å². The Hall–Kier alpha value is -2.90. The first-order valence-corrected chi connectivity index (χ1v) is 10.9. The maximum absolute atomic E-state index is 12.5. The van der Waals surface area contributed by atoms with E-state index in [2.05, 4.69) is 32.8 Å². The topological polar surface area (TPSA) is 114 Å². The fourth-order valence-electron chi connectivity index (χ4n) is 4.30. The van der Waals surface area contributed by atoms with Crippen LogP contribution in [0.2, 0.25) is 0 Å². The lowest BCUT2D eigenvalue weighted by Gasteiger charge is -2.38. The van der Waals surface area contributed by atoms with Crippen LogP contribution in [0, 0.1) is 5.41 Å². The van der Waals surface area contributed by atoms with E-state index in [0.717, 1.165) is 31.9 Å². The maximum atomic E-state index is 12.5. The van der Waals surface area contributed by atoms with E-state index in [4.69, 9.17) is 5.41 Å². The van der Waals surface area contributed by atoms with Crippen molar-refractivity contribution in [1.29, 1.82) is 5.41 Å². The summed E-state index contributed by atoms with van der Waals surface area (Å²) in [5, 5.41) is 14.0. The van der Waals surface area contributed by atoms with Crippen LogP contribution in [-0.2, 0) is 0 Å². The molecule has 8 heteroatoms. The van der Waals surface area contributed by atoms with Crippen molar-refractivity contribution in [3.05, 3.63) is 45.5 Å². The quantitative estimate of drug-likeness (QED) is 0.540. The molecule has 2 fully saturated rings. The number of aromatic amines is 1. The SMILES string of the molecule is N=Cc1c(NC2CCCCC2)nc(C2CN(C(=O)NCC3=CC=CCC3)C2)[nH]c1=O. The molecular formula is C22H30N6O2. The second-order valence-corrected chi connectivity index (χ2v) is 8.39. The summed E-state index contributed by atoms with van der Waals surface area (Å²) in [6.45, 7) is 1.63. The molecule has 4 N–H and O–H groups in total. The van der Waals surface area contributed by atoms with Gasteiger partial charge < -0.3 is 25.9 Å². The molecule has 0 radical (unpaired) electrons. The van der Waals surface area contributed by atoms with Crippen LogP contribution in [0.4, 0.5) is 10.6 Å². The molecule has 1 saturated heterocycles. The van der Waals surface area contributed by atoms with E-state index in [1.807, 2.05) is 6.08 Å². The smallest absolute Gasteiger partial charge is 0.317 e. The van der Waals surface area contributed by atoms with Gasteiger partial charge in [0.2, 0.25) is 0 Å². The van der Waals surface area contributed by atoms with Gasteiger partial charge in [-0.25, -0.2) is 9.78 Å². The first-order chi connectivity index (χ1) is 14.6. The molecule has 0 bridgehead atoms. The molecule has 4 rings (SSSR count). The molecule has 1 saturated carbocycles. The van der Waals surface area contributed by atoms with Crippen molar-refractivity contribution in [2.45, 2.75) is 56.9 Å². The molecule has 2 aliphatic carbocycles. The minimum Gasteiger partial charge on any atom is -0.367 e. The Morgan fingerprint density at radius 2 is 2.10 bits per heavy atom. The second-order valence-electron chi connectivity index (χ2n) is 8.39. The predicted octanol–water partition coefficient (Wildman–Crippen LogP) is 2.90. The highest BCUT2D eigenvalue weighted by Gasteiger charge is 2.34. The summed E-state index contributed by atoms with van der Waals surface area (Å²) in [6, 6.07) is 0.216. The first kappa shape index (κ1) is 20.4. The van der Waals surface area contributed by atoms with Crippen molar-refractivity contribution in [2.75, 3.05) is 25.0 Å². The average Bonchev–Trinajstić information content (AvgIpc) is 2.73. The Balaban J connectivity index is 1.37. The second kappa shape index (κ2) is 9.28. The third-order valence-electron chi connectivity index (χ3n) is 6.19. The number of rotatable bonds is 6. The molecule has 1 aliphatic heterocycles. The van der Waals surface area contributed by atoms with E-state index >= 15 is 0 Å². The summed E-state index contributed by atoms with van der Waals surface area (Å²) in [4.78, 5) is 34.1. The Bertz CT molecular complexity index is 907. The molecular weight excluding hydrogens is 380 g/mol. The zero-order valence-electron chi connectivity index (χ0n) is 17.2. The Labute approximate surface area is 176 Å². The van der Waals surface area contributed by atoms with E-state index < -0.39 is 0 Å². The monoisotopic (exact) mass is 410 g/mol. The van der Waals surface area contributed by atoms with Crippen LogP contribution in [0.5, 0.6) is 0 Å². The van der Waals surface area contributed by atoms with Gasteiger partial charge in [0.1, 0.15) is 11.6 Å². The average molecular weight is 411 g/mol. The van der Waals surface area contributed by atoms with Crippen LogP contribution in [0.25, 0.3) is 0 Å². The van der Waals surface area contributed by atoms with Gasteiger partial charge in [0.05, 0.1) is 11.5 Å². The van der Waals surface area contributed by atoms with Crippen LogP contribution < -0.4 is 16.2 Å². The molecule has 2 heterocycles. The van der Waals surface area contributed by atoms with Gasteiger partial charge >= 0.3 is 6.03 Å². The number of H-pyrrole nitrogens is 1. The highest BCUT2D eigenvalue weighted by Crippen LogP contribution is 2.26. The summed E-state index contributed by atoms with van der Waals surface area (Å²) in [5.74, 6) is 1.09. The van der Waals surface area contributed by atoms with Crippen LogP contribution in [0.3, 0.4) is 0 Å². The Morgan fingerprint density at radius 3 is 2.80 bits per heavy atom. The zero-order chi connectivity index (χ0) is 20.9. The first-order valence-electron chi connectivity index (χ1n) is 10.9. The molecule has 2 amide bonds. The van der Waals surface area contributed by atoms with Crippen molar-refractivity contribution in [3.8, 4) is 0 Å². The number of carbonyl (C=O) groups excluding carboxylic acids is 1. The fourth-order valence-corrected chi connectivity index (χ4v) is 4.30.